The molecule has 1 aromatic heterocycles. The standard InChI is InChI=1S/C11H11NO2S2/c1-16(13,14)8-11-12-7-10(15-11)9-5-3-2-4-6-9/h2-7H,8H2,1H3. The van der Waals surface area contributed by atoms with Gasteiger partial charge in [-0.1, -0.05) is 30.3 Å². The average molecular weight is 253 g/mol. The van der Waals surface area contributed by atoms with Crippen molar-refractivity contribution in [3.8, 4) is 10.4 Å². The van der Waals surface area contributed by atoms with E-state index >= 15 is 0 Å². The lowest BCUT2D eigenvalue weighted by molar-refractivity contribution is 0.601. The molecule has 1 aromatic carbocycles. The topological polar surface area (TPSA) is 47.0 Å². The Hall–Kier alpha value is -1.20. The van der Waals surface area contributed by atoms with Gasteiger partial charge < -0.3 is 0 Å². The molecular formula is C11H11NO2S2. The first-order chi connectivity index (χ1) is 7.54. The normalized spacial score (nSPS) is 11.6. The SMILES string of the molecule is CS(=O)(=O)Cc1ncc(-c2ccccc2)s1. The van der Waals surface area contributed by atoms with E-state index in [1.165, 1.54) is 17.6 Å². The molecule has 0 atom stereocenters. The molecule has 3 nitrogen and oxygen atoms in total. The van der Waals surface area contributed by atoms with Crippen LogP contribution < -0.4 is 0 Å². The maximum absolute atomic E-state index is 11.1. The van der Waals surface area contributed by atoms with Gasteiger partial charge in [0.25, 0.3) is 0 Å². The molecule has 0 spiro atoms. The molecule has 84 valence electrons. The quantitative estimate of drug-likeness (QED) is 0.843. The maximum atomic E-state index is 11.1. The minimum atomic E-state index is -3.00. The van der Waals surface area contributed by atoms with Gasteiger partial charge in [-0.25, -0.2) is 13.4 Å². The van der Waals surface area contributed by atoms with Crippen LogP contribution in [0.15, 0.2) is 36.5 Å². The minimum Gasteiger partial charge on any atom is -0.248 e. The van der Waals surface area contributed by atoms with Crippen LogP contribution in [0.1, 0.15) is 5.01 Å². The number of rotatable bonds is 3. The van der Waals surface area contributed by atoms with Crippen molar-refractivity contribution in [2.45, 2.75) is 5.75 Å². The number of thiazole rings is 1. The number of benzene rings is 1. The number of aromatic nitrogens is 1. The molecule has 0 aliphatic heterocycles. The lowest BCUT2D eigenvalue weighted by Crippen LogP contribution is -1.99. The summed E-state index contributed by atoms with van der Waals surface area (Å²) in [4.78, 5) is 5.12. The first kappa shape index (κ1) is 11.3. The number of hydrogen-bond acceptors (Lipinski definition) is 4. The predicted molar refractivity (Wildman–Crippen MR) is 66.1 cm³/mol. The van der Waals surface area contributed by atoms with E-state index in [0.29, 0.717) is 5.01 Å². The molecule has 0 bridgehead atoms. The van der Waals surface area contributed by atoms with Crippen LogP contribution in [0.2, 0.25) is 0 Å². The lowest BCUT2D eigenvalue weighted by Gasteiger charge is -1.94. The molecule has 16 heavy (non-hydrogen) atoms. The summed E-state index contributed by atoms with van der Waals surface area (Å²) in [6.07, 6.45) is 2.94. The zero-order chi connectivity index (χ0) is 11.6. The summed E-state index contributed by atoms with van der Waals surface area (Å²) in [6, 6.07) is 9.81. The Morgan fingerprint density at radius 3 is 2.56 bits per heavy atom. The van der Waals surface area contributed by atoms with E-state index in [2.05, 4.69) is 4.98 Å². The van der Waals surface area contributed by atoms with Crippen molar-refractivity contribution >= 4 is 21.2 Å². The molecule has 1 heterocycles. The Morgan fingerprint density at radius 1 is 1.25 bits per heavy atom. The molecule has 0 aliphatic rings. The van der Waals surface area contributed by atoms with Gasteiger partial charge in [0.1, 0.15) is 10.8 Å². The number of sulfone groups is 1. The van der Waals surface area contributed by atoms with Gasteiger partial charge in [-0.15, -0.1) is 11.3 Å². The summed E-state index contributed by atoms with van der Waals surface area (Å²) >= 11 is 1.42. The largest absolute Gasteiger partial charge is 0.248 e. The number of nitrogens with zero attached hydrogens (tertiary/aromatic N) is 1. The highest BCUT2D eigenvalue weighted by Gasteiger charge is 2.09. The second kappa shape index (κ2) is 4.35. The molecule has 0 radical (unpaired) electrons. The highest BCUT2D eigenvalue weighted by Crippen LogP contribution is 2.26. The van der Waals surface area contributed by atoms with Gasteiger partial charge in [0.15, 0.2) is 9.84 Å². The van der Waals surface area contributed by atoms with E-state index in [9.17, 15) is 8.42 Å². The second-order valence-corrected chi connectivity index (χ2v) is 6.81. The number of hydrogen-bond donors (Lipinski definition) is 0. The third kappa shape index (κ3) is 2.90. The summed E-state index contributed by atoms with van der Waals surface area (Å²) in [5, 5.41) is 0.640. The fourth-order valence-electron chi connectivity index (χ4n) is 1.34. The molecule has 0 fully saturated rings. The Balaban J connectivity index is 2.27. The van der Waals surface area contributed by atoms with Crippen LogP contribution >= 0.6 is 11.3 Å². The Morgan fingerprint density at radius 2 is 1.94 bits per heavy atom. The van der Waals surface area contributed by atoms with E-state index in [4.69, 9.17) is 0 Å². The van der Waals surface area contributed by atoms with Gasteiger partial charge in [0, 0.05) is 12.5 Å². The Bertz CT molecular complexity index is 573. The van der Waals surface area contributed by atoms with Crippen molar-refractivity contribution in [2.75, 3.05) is 6.26 Å². The second-order valence-electron chi connectivity index (χ2n) is 3.55. The van der Waals surface area contributed by atoms with Crippen molar-refractivity contribution in [3.05, 3.63) is 41.5 Å². The fourth-order valence-corrected chi connectivity index (χ4v) is 3.46. The summed E-state index contributed by atoms with van der Waals surface area (Å²) < 4.78 is 22.2. The molecule has 0 unspecified atom stereocenters. The molecule has 2 aromatic rings. The Labute approximate surface area is 98.7 Å². The van der Waals surface area contributed by atoms with Crippen LogP contribution in [-0.2, 0) is 15.6 Å². The van der Waals surface area contributed by atoms with E-state index in [1.807, 2.05) is 30.3 Å². The maximum Gasteiger partial charge on any atom is 0.153 e. The lowest BCUT2D eigenvalue weighted by atomic mass is 10.2. The minimum absolute atomic E-state index is 0.0184. The third-order valence-corrected chi connectivity index (χ3v) is 4.02. The molecule has 0 saturated heterocycles. The van der Waals surface area contributed by atoms with E-state index < -0.39 is 9.84 Å². The van der Waals surface area contributed by atoms with Crippen molar-refractivity contribution in [1.82, 2.24) is 4.98 Å². The van der Waals surface area contributed by atoms with Gasteiger partial charge in [-0.05, 0) is 5.56 Å². The molecule has 0 saturated carbocycles. The van der Waals surface area contributed by atoms with Gasteiger partial charge in [-0.2, -0.15) is 0 Å². The van der Waals surface area contributed by atoms with E-state index in [1.54, 1.807) is 6.20 Å². The summed E-state index contributed by atoms with van der Waals surface area (Å²) in [5.74, 6) is 0.0184. The van der Waals surface area contributed by atoms with Crippen LogP contribution in [0.5, 0.6) is 0 Å². The van der Waals surface area contributed by atoms with Crippen LogP contribution in [0.4, 0.5) is 0 Å². The Kier molecular flexibility index (Phi) is 3.07. The van der Waals surface area contributed by atoms with Crippen molar-refractivity contribution < 1.29 is 8.42 Å². The van der Waals surface area contributed by atoms with Crippen LogP contribution in [0, 0.1) is 0 Å². The zero-order valence-electron chi connectivity index (χ0n) is 8.75. The van der Waals surface area contributed by atoms with E-state index in [0.717, 1.165) is 10.4 Å². The summed E-state index contributed by atoms with van der Waals surface area (Å²) in [6.45, 7) is 0. The van der Waals surface area contributed by atoms with Gasteiger partial charge in [-0.3, -0.25) is 0 Å². The van der Waals surface area contributed by atoms with Crippen molar-refractivity contribution in [1.29, 1.82) is 0 Å². The van der Waals surface area contributed by atoms with E-state index in [-0.39, 0.29) is 5.75 Å². The average Bonchev–Trinajstić information content (AvgIpc) is 2.65. The van der Waals surface area contributed by atoms with Gasteiger partial charge >= 0.3 is 0 Å². The molecule has 5 heteroatoms. The molecule has 2 rings (SSSR count). The molecular weight excluding hydrogens is 242 g/mol. The fraction of sp³-hybridized carbons (Fsp3) is 0.182. The van der Waals surface area contributed by atoms with Crippen LogP contribution in [0.25, 0.3) is 10.4 Å². The third-order valence-electron chi connectivity index (χ3n) is 2.00. The monoisotopic (exact) mass is 253 g/mol. The molecule has 0 amide bonds. The molecule has 0 aliphatic carbocycles. The van der Waals surface area contributed by atoms with Gasteiger partial charge in [0.05, 0.1) is 4.88 Å². The molecule has 0 N–H and O–H groups in total. The highest BCUT2D eigenvalue weighted by molar-refractivity contribution is 7.90. The van der Waals surface area contributed by atoms with Gasteiger partial charge in [0.2, 0.25) is 0 Å². The van der Waals surface area contributed by atoms with Crippen LogP contribution in [0.3, 0.4) is 0 Å². The zero-order valence-corrected chi connectivity index (χ0v) is 10.4. The first-order valence-corrected chi connectivity index (χ1v) is 7.60. The first-order valence-electron chi connectivity index (χ1n) is 4.72. The van der Waals surface area contributed by atoms with Crippen molar-refractivity contribution in [2.24, 2.45) is 0 Å². The summed E-state index contributed by atoms with van der Waals surface area (Å²) in [5.41, 5.74) is 1.07. The summed E-state index contributed by atoms with van der Waals surface area (Å²) in [7, 11) is -3.00. The highest BCUT2D eigenvalue weighted by atomic mass is 32.2. The van der Waals surface area contributed by atoms with Crippen molar-refractivity contribution in [3.63, 3.8) is 0 Å². The smallest absolute Gasteiger partial charge is 0.153 e. The van der Waals surface area contributed by atoms with Crippen LogP contribution in [-0.4, -0.2) is 19.7 Å². The predicted octanol–water partition coefficient (Wildman–Crippen LogP) is 2.35.